The van der Waals surface area contributed by atoms with Crippen molar-refractivity contribution in [3.8, 4) is 0 Å². The number of aliphatic carboxylic acids is 1. The highest BCUT2D eigenvalue weighted by molar-refractivity contribution is 7.96. The van der Waals surface area contributed by atoms with Gasteiger partial charge in [-0.1, -0.05) is 73.4 Å². The SMILES string of the molecule is C1=C(c2ccc(C3=NCCCN3)cc2)NCCC1.C=C(/C=C\C=C1C=CC=CC1)S(=O)(=O)CC(=O)O. The Labute approximate surface area is 213 Å². The van der Waals surface area contributed by atoms with Crippen molar-refractivity contribution in [1.82, 2.24) is 10.6 Å². The molecule has 36 heavy (non-hydrogen) atoms. The van der Waals surface area contributed by atoms with E-state index in [9.17, 15) is 13.2 Å². The summed E-state index contributed by atoms with van der Waals surface area (Å²) in [6.07, 6.45) is 19.0. The number of amidine groups is 1. The van der Waals surface area contributed by atoms with Gasteiger partial charge in [-0.2, -0.15) is 0 Å². The zero-order valence-electron chi connectivity index (χ0n) is 20.3. The lowest BCUT2D eigenvalue weighted by Gasteiger charge is -2.17. The molecule has 190 valence electrons. The number of hydrogen-bond donors (Lipinski definition) is 3. The summed E-state index contributed by atoms with van der Waals surface area (Å²) in [7, 11) is -3.80. The number of carboxylic acid groups (broad SMARTS) is 1. The predicted molar refractivity (Wildman–Crippen MR) is 146 cm³/mol. The largest absolute Gasteiger partial charge is 0.480 e. The van der Waals surface area contributed by atoms with Crippen LogP contribution >= 0.6 is 0 Å². The summed E-state index contributed by atoms with van der Waals surface area (Å²) in [6, 6.07) is 8.67. The van der Waals surface area contributed by atoms with Crippen LogP contribution in [-0.2, 0) is 14.6 Å². The molecule has 0 saturated carbocycles. The maximum absolute atomic E-state index is 11.4. The van der Waals surface area contributed by atoms with Gasteiger partial charge in [-0.15, -0.1) is 0 Å². The highest BCUT2D eigenvalue weighted by Gasteiger charge is 2.17. The van der Waals surface area contributed by atoms with Crippen LogP contribution in [0.15, 0.2) is 94.9 Å². The van der Waals surface area contributed by atoms with Crippen LogP contribution in [0.25, 0.3) is 5.70 Å². The maximum Gasteiger partial charge on any atom is 0.319 e. The molecule has 0 fully saturated rings. The van der Waals surface area contributed by atoms with E-state index in [1.165, 1.54) is 35.7 Å². The molecule has 0 aromatic heterocycles. The van der Waals surface area contributed by atoms with Gasteiger partial charge < -0.3 is 15.7 Å². The van der Waals surface area contributed by atoms with Gasteiger partial charge in [0, 0.05) is 30.9 Å². The van der Waals surface area contributed by atoms with Gasteiger partial charge in [0.1, 0.15) is 5.84 Å². The van der Waals surface area contributed by atoms with E-state index in [0.717, 1.165) is 43.9 Å². The van der Waals surface area contributed by atoms with Crippen molar-refractivity contribution in [2.75, 3.05) is 25.4 Å². The fourth-order valence-electron chi connectivity index (χ4n) is 3.69. The Balaban J connectivity index is 0.000000201. The predicted octanol–water partition coefficient (Wildman–Crippen LogP) is 4.15. The number of rotatable bonds is 7. The van der Waals surface area contributed by atoms with Crippen LogP contribution in [0, 0.1) is 0 Å². The summed E-state index contributed by atoms with van der Waals surface area (Å²) < 4.78 is 22.9. The molecule has 1 aromatic rings. The first kappa shape index (κ1) is 26.9. The summed E-state index contributed by atoms with van der Waals surface area (Å²) in [5, 5.41) is 15.3. The van der Waals surface area contributed by atoms with Gasteiger partial charge in [0.2, 0.25) is 0 Å². The lowest BCUT2D eigenvalue weighted by Crippen LogP contribution is -2.30. The normalized spacial score (nSPS) is 18.4. The molecule has 7 nitrogen and oxygen atoms in total. The molecule has 0 spiro atoms. The topological polar surface area (TPSA) is 108 Å². The molecule has 0 bridgehead atoms. The molecule has 0 saturated heterocycles. The molecule has 4 rings (SSSR count). The second-order valence-corrected chi connectivity index (χ2v) is 10.5. The maximum atomic E-state index is 11.4. The molecule has 2 heterocycles. The third-order valence-corrected chi connectivity index (χ3v) is 7.19. The molecule has 0 atom stereocenters. The zero-order valence-corrected chi connectivity index (χ0v) is 21.1. The van der Waals surface area contributed by atoms with Gasteiger partial charge in [0.25, 0.3) is 0 Å². The number of carboxylic acids is 1. The van der Waals surface area contributed by atoms with Crippen molar-refractivity contribution in [2.45, 2.75) is 25.7 Å². The first-order valence-corrected chi connectivity index (χ1v) is 13.7. The van der Waals surface area contributed by atoms with Crippen LogP contribution < -0.4 is 10.6 Å². The standard InChI is InChI=1S/C15H19N3.C13H14O4S/c1-2-9-16-14(4-1)12-5-7-13(8-6-12)15-17-10-3-11-18-15;1-11(18(16,17)10-13(14)15)6-5-9-12-7-3-2-4-8-12/h4-8,16H,1-3,9-11H2,(H,17,18);2-7,9H,1,8,10H2,(H,14,15)/b;6-5-,12-9?. The van der Waals surface area contributed by atoms with Crippen LogP contribution in [0.5, 0.6) is 0 Å². The second kappa shape index (κ2) is 13.4. The first-order valence-electron chi connectivity index (χ1n) is 12.0. The van der Waals surface area contributed by atoms with Crippen molar-refractivity contribution in [1.29, 1.82) is 0 Å². The van der Waals surface area contributed by atoms with Gasteiger partial charge in [-0.3, -0.25) is 9.79 Å². The van der Waals surface area contributed by atoms with Crippen molar-refractivity contribution in [2.24, 2.45) is 4.99 Å². The fraction of sp³-hybridized carbons (Fsp3) is 0.286. The molecular formula is C28H33N3O4S. The molecule has 0 amide bonds. The Hall–Kier alpha value is -3.65. The van der Waals surface area contributed by atoms with Crippen molar-refractivity contribution >= 4 is 27.3 Å². The smallest absolute Gasteiger partial charge is 0.319 e. The third-order valence-electron chi connectivity index (χ3n) is 5.63. The monoisotopic (exact) mass is 507 g/mol. The van der Waals surface area contributed by atoms with E-state index >= 15 is 0 Å². The van der Waals surface area contributed by atoms with E-state index in [1.54, 1.807) is 12.2 Å². The number of allylic oxidation sites excluding steroid dienone is 9. The number of nitrogens with zero attached hydrogens (tertiary/aromatic N) is 1. The number of sulfone groups is 1. The number of hydrogen-bond acceptors (Lipinski definition) is 6. The van der Waals surface area contributed by atoms with Crippen molar-refractivity contribution in [3.05, 3.63) is 101 Å². The lowest BCUT2D eigenvalue weighted by molar-refractivity contribution is -0.134. The fourth-order valence-corrected chi connectivity index (χ4v) is 4.49. The number of benzene rings is 1. The van der Waals surface area contributed by atoms with Crippen LogP contribution in [0.1, 0.15) is 36.8 Å². The van der Waals surface area contributed by atoms with E-state index in [0.29, 0.717) is 0 Å². The van der Waals surface area contributed by atoms with Gasteiger partial charge in [0.15, 0.2) is 15.6 Å². The van der Waals surface area contributed by atoms with Gasteiger partial charge >= 0.3 is 5.97 Å². The Bertz CT molecular complexity index is 1190. The summed E-state index contributed by atoms with van der Waals surface area (Å²) in [5.41, 5.74) is 4.77. The van der Waals surface area contributed by atoms with Gasteiger partial charge in [-0.05, 0) is 42.9 Å². The highest BCUT2D eigenvalue weighted by atomic mass is 32.2. The number of aliphatic imine (C=N–C) groups is 1. The van der Waals surface area contributed by atoms with Gasteiger partial charge in [0.05, 0.1) is 4.91 Å². The Morgan fingerprint density at radius 3 is 2.44 bits per heavy atom. The average Bonchev–Trinajstić information content (AvgIpc) is 2.90. The van der Waals surface area contributed by atoms with E-state index in [2.05, 4.69) is 52.5 Å². The average molecular weight is 508 g/mol. The summed E-state index contributed by atoms with van der Waals surface area (Å²) in [5.74, 6) is -1.28. The molecular weight excluding hydrogens is 474 g/mol. The summed E-state index contributed by atoms with van der Waals surface area (Å²) in [6.45, 7) is 6.42. The number of carbonyl (C=O) groups is 1. The Morgan fingerprint density at radius 2 is 1.83 bits per heavy atom. The minimum absolute atomic E-state index is 0.197. The van der Waals surface area contributed by atoms with Crippen LogP contribution in [0.4, 0.5) is 0 Å². The molecule has 8 heteroatoms. The number of nitrogens with one attached hydrogen (secondary N) is 2. The molecule has 0 radical (unpaired) electrons. The Kier molecular flexibility index (Phi) is 10.1. The van der Waals surface area contributed by atoms with Crippen LogP contribution in [0.3, 0.4) is 0 Å². The zero-order chi connectivity index (χ0) is 25.8. The van der Waals surface area contributed by atoms with Gasteiger partial charge in [-0.25, -0.2) is 8.42 Å². The van der Waals surface area contributed by atoms with Crippen molar-refractivity contribution in [3.63, 3.8) is 0 Å². The Morgan fingerprint density at radius 1 is 1.08 bits per heavy atom. The van der Waals surface area contributed by atoms with E-state index < -0.39 is 21.6 Å². The highest BCUT2D eigenvalue weighted by Crippen LogP contribution is 2.17. The first-order chi connectivity index (χ1) is 17.3. The quantitative estimate of drug-likeness (QED) is 0.479. The minimum Gasteiger partial charge on any atom is -0.480 e. The van der Waals surface area contributed by atoms with Crippen LogP contribution in [-0.4, -0.2) is 50.7 Å². The molecule has 3 aliphatic rings. The van der Waals surface area contributed by atoms with E-state index in [-0.39, 0.29) is 4.91 Å². The second-order valence-electron chi connectivity index (χ2n) is 8.49. The minimum atomic E-state index is -3.80. The third kappa shape index (κ3) is 8.53. The molecule has 1 aromatic carbocycles. The summed E-state index contributed by atoms with van der Waals surface area (Å²) >= 11 is 0. The van der Waals surface area contributed by atoms with Crippen LogP contribution in [0.2, 0.25) is 0 Å². The molecule has 1 aliphatic carbocycles. The van der Waals surface area contributed by atoms with E-state index in [1.807, 2.05) is 24.3 Å². The molecule has 2 aliphatic heterocycles. The van der Waals surface area contributed by atoms with Crippen molar-refractivity contribution < 1.29 is 18.3 Å². The summed E-state index contributed by atoms with van der Waals surface area (Å²) in [4.78, 5) is 14.7. The molecule has 3 N–H and O–H groups in total. The molecule has 0 unspecified atom stereocenters. The van der Waals surface area contributed by atoms with E-state index in [4.69, 9.17) is 5.11 Å². The lowest BCUT2D eigenvalue weighted by atomic mass is 10.0.